The maximum absolute atomic E-state index is 10.9. The first-order chi connectivity index (χ1) is 7.80. The molecule has 0 unspecified atom stereocenters. The summed E-state index contributed by atoms with van der Waals surface area (Å²) in [5, 5.41) is 0. The fraction of sp³-hybridized carbons (Fsp3) is 0.308. The summed E-state index contributed by atoms with van der Waals surface area (Å²) >= 11 is 0. The lowest BCUT2D eigenvalue weighted by Crippen LogP contribution is -2.56. The SMILES string of the molecule is C=C[C@@H]1CN(c2ccc(OC)cc2)[C@@H]1C=O. The number of ether oxygens (including phenoxy) is 1. The first-order valence-corrected chi connectivity index (χ1v) is 5.28. The normalized spacial score (nSPS) is 23.4. The molecule has 0 amide bonds. The molecule has 1 heterocycles. The Balaban J connectivity index is 2.13. The van der Waals surface area contributed by atoms with E-state index in [1.807, 2.05) is 30.3 Å². The van der Waals surface area contributed by atoms with E-state index in [9.17, 15) is 4.79 Å². The van der Waals surface area contributed by atoms with E-state index >= 15 is 0 Å². The van der Waals surface area contributed by atoms with E-state index in [0.717, 1.165) is 24.3 Å². The third-order valence-electron chi connectivity index (χ3n) is 3.05. The second-order valence-electron chi connectivity index (χ2n) is 3.88. The maximum atomic E-state index is 10.9. The molecule has 0 aliphatic carbocycles. The van der Waals surface area contributed by atoms with Gasteiger partial charge >= 0.3 is 0 Å². The van der Waals surface area contributed by atoms with Gasteiger partial charge in [-0.1, -0.05) is 6.08 Å². The zero-order chi connectivity index (χ0) is 11.5. The highest BCUT2D eigenvalue weighted by Gasteiger charge is 2.36. The van der Waals surface area contributed by atoms with Gasteiger partial charge in [0.25, 0.3) is 0 Å². The average Bonchev–Trinajstić information content (AvgIpc) is 2.30. The van der Waals surface area contributed by atoms with Gasteiger partial charge in [0.2, 0.25) is 0 Å². The minimum Gasteiger partial charge on any atom is -0.497 e. The Kier molecular flexibility index (Phi) is 2.95. The topological polar surface area (TPSA) is 29.5 Å². The monoisotopic (exact) mass is 217 g/mol. The van der Waals surface area contributed by atoms with Crippen molar-refractivity contribution in [1.29, 1.82) is 0 Å². The summed E-state index contributed by atoms with van der Waals surface area (Å²) in [5.41, 5.74) is 1.05. The van der Waals surface area contributed by atoms with Crippen molar-refractivity contribution in [2.45, 2.75) is 6.04 Å². The van der Waals surface area contributed by atoms with Crippen molar-refractivity contribution in [3.05, 3.63) is 36.9 Å². The third-order valence-corrected chi connectivity index (χ3v) is 3.05. The molecule has 0 aromatic heterocycles. The molecule has 1 aromatic carbocycles. The van der Waals surface area contributed by atoms with E-state index < -0.39 is 0 Å². The van der Waals surface area contributed by atoms with Crippen LogP contribution in [0.15, 0.2) is 36.9 Å². The molecule has 1 aliphatic heterocycles. The Bertz CT molecular complexity index is 385. The number of carbonyl (C=O) groups is 1. The Hall–Kier alpha value is -1.77. The summed E-state index contributed by atoms with van der Waals surface area (Å²) in [4.78, 5) is 13.0. The Morgan fingerprint density at radius 1 is 1.44 bits per heavy atom. The Labute approximate surface area is 95.3 Å². The highest BCUT2D eigenvalue weighted by Crippen LogP contribution is 2.31. The van der Waals surface area contributed by atoms with Crippen LogP contribution >= 0.6 is 0 Å². The number of methoxy groups -OCH3 is 1. The molecule has 0 spiro atoms. The van der Waals surface area contributed by atoms with E-state index in [2.05, 4.69) is 11.5 Å². The number of nitrogens with zero attached hydrogens (tertiary/aromatic N) is 1. The molecule has 1 aliphatic rings. The van der Waals surface area contributed by atoms with Crippen molar-refractivity contribution >= 4 is 12.0 Å². The van der Waals surface area contributed by atoms with Gasteiger partial charge in [-0.25, -0.2) is 0 Å². The maximum Gasteiger partial charge on any atom is 0.143 e. The summed E-state index contributed by atoms with van der Waals surface area (Å²) in [5.74, 6) is 1.10. The summed E-state index contributed by atoms with van der Waals surface area (Å²) in [6, 6.07) is 7.67. The zero-order valence-electron chi connectivity index (χ0n) is 9.30. The van der Waals surface area contributed by atoms with Crippen LogP contribution < -0.4 is 9.64 Å². The lowest BCUT2D eigenvalue weighted by atomic mass is 9.89. The molecule has 3 heteroatoms. The van der Waals surface area contributed by atoms with Gasteiger partial charge in [-0.05, 0) is 24.3 Å². The van der Waals surface area contributed by atoms with Crippen LogP contribution in [-0.2, 0) is 4.79 Å². The molecule has 16 heavy (non-hydrogen) atoms. The van der Waals surface area contributed by atoms with Crippen LogP contribution in [0, 0.1) is 5.92 Å². The Morgan fingerprint density at radius 2 is 2.12 bits per heavy atom. The molecule has 1 aromatic rings. The largest absolute Gasteiger partial charge is 0.497 e. The number of hydrogen-bond acceptors (Lipinski definition) is 3. The molecule has 3 nitrogen and oxygen atoms in total. The van der Waals surface area contributed by atoms with E-state index in [-0.39, 0.29) is 12.0 Å². The van der Waals surface area contributed by atoms with Gasteiger partial charge in [0, 0.05) is 18.2 Å². The number of aldehydes is 1. The van der Waals surface area contributed by atoms with E-state index in [0.29, 0.717) is 0 Å². The number of carbonyl (C=O) groups excluding carboxylic acids is 1. The quantitative estimate of drug-likeness (QED) is 0.569. The van der Waals surface area contributed by atoms with Crippen LogP contribution in [0.5, 0.6) is 5.75 Å². The molecule has 0 bridgehead atoms. The molecule has 0 radical (unpaired) electrons. The standard InChI is InChI=1S/C13H15NO2/c1-3-10-8-14(13(10)9-15)11-4-6-12(16-2)7-5-11/h3-7,9-10,13H,1,8H2,2H3/t10-,13-/m1/s1. The summed E-state index contributed by atoms with van der Waals surface area (Å²) in [6.07, 6.45) is 2.83. The Morgan fingerprint density at radius 3 is 2.62 bits per heavy atom. The van der Waals surface area contributed by atoms with E-state index in [1.54, 1.807) is 7.11 Å². The highest BCUT2D eigenvalue weighted by atomic mass is 16.5. The molecule has 2 rings (SSSR count). The smallest absolute Gasteiger partial charge is 0.143 e. The fourth-order valence-electron chi connectivity index (χ4n) is 1.99. The molecule has 0 saturated carbocycles. The van der Waals surface area contributed by atoms with E-state index in [4.69, 9.17) is 4.74 Å². The summed E-state index contributed by atoms with van der Waals surface area (Å²) in [7, 11) is 1.64. The van der Waals surface area contributed by atoms with Gasteiger partial charge in [0.15, 0.2) is 0 Å². The molecular formula is C13H15NO2. The van der Waals surface area contributed by atoms with Crippen LogP contribution in [0.4, 0.5) is 5.69 Å². The van der Waals surface area contributed by atoms with Gasteiger partial charge in [-0.2, -0.15) is 0 Å². The number of anilines is 1. The van der Waals surface area contributed by atoms with Crippen LogP contribution in [0.2, 0.25) is 0 Å². The molecule has 84 valence electrons. The van der Waals surface area contributed by atoms with Crippen LogP contribution in [0.3, 0.4) is 0 Å². The molecule has 2 atom stereocenters. The lowest BCUT2D eigenvalue weighted by molar-refractivity contribution is -0.110. The molecule has 0 N–H and O–H groups in total. The molecular weight excluding hydrogens is 202 g/mol. The van der Waals surface area contributed by atoms with Gasteiger partial charge in [-0.3, -0.25) is 0 Å². The highest BCUT2D eigenvalue weighted by molar-refractivity contribution is 5.71. The summed E-state index contributed by atoms with van der Waals surface area (Å²) < 4.78 is 5.09. The van der Waals surface area contributed by atoms with Crippen molar-refractivity contribution in [1.82, 2.24) is 0 Å². The second kappa shape index (κ2) is 4.39. The van der Waals surface area contributed by atoms with Crippen molar-refractivity contribution in [2.24, 2.45) is 5.92 Å². The average molecular weight is 217 g/mol. The van der Waals surface area contributed by atoms with Crippen molar-refractivity contribution < 1.29 is 9.53 Å². The number of hydrogen-bond donors (Lipinski definition) is 0. The first-order valence-electron chi connectivity index (χ1n) is 5.28. The first kappa shape index (κ1) is 10.7. The summed E-state index contributed by atoms with van der Waals surface area (Å²) in [6.45, 7) is 4.59. The van der Waals surface area contributed by atoms with E-state index in [1.165, 1.54) is 0 Å². The molecule has 1 saturated heterocycles. The zero-order valence-corrected chi connectivity index (χ0v) is 9.30. The lowest BCUT2D eigenvalue weighted by Gasteiger charge is -2.45. The van der Waals surface area contributed by atoms with Gasteiger partial charge in [0.1, 0.15) is 12.0 Å². The van der Waals surface area contributed by atoms with Crippen molar-refractivity contribution in [3.8, 4) is 5.75 Å². The van der Waals surface area contributed by atoms with Crippen LogP contribution in [0.25, 0.3) is 0 Å². The third kappa shape index (κ3) is 1.69. The van der Waals surface area contributed by atoms with Gasteiger partial charge in [-0.15, -0.1) is 6.58 Å². The minimum atomic E-state index is -0.0640. The molecule has 1 fully saturated rings. The number of rotatable bonds is 4. The predicted octanol–water partition coefficient (Wildman–Crippen LogP) is 1.88. The van der Waals surface area contributed by atoms with Crippen LogP contribution in [0.1, 0.15) is 0 Å². The van der Waals surface area contributed by atoms with Crippen LogP contribution in [-0.4, -0.2) is 26.0 Å². The van der Waals surface area contributed by atoms with Crippen molar-refractivity contribution in [3.63, 3.8) is 0 Å². The van der Waals surface area contributed by atoms with Gasteiger partial charge in [0.05, 0.1) is 13.2 Å². The number of benzene rings is 1. The second-order valence-corrected chi connectivity index (χ2v) is 3.88. The predicted molar refractivity (Wildman–Crippen MR) is 63.9 cm³/mol. The minimum absolute atomic E-state index is 0.0640. The van der Waals surface area contributed by atoms with Crippen molar-refractivity contribution in [2.75, 3.05) is 18.6 Å². The van der Waals surface area contributed by atoms with Gasteiger partial charge < -0.3 is 14.4 Å². The fourth-order valence-corrected chi connectivity index (χ4v) is 1.99.